The minimum absolute atomic E-state index is 0.161. The molecule has 140 valence electrons. The Bertz CT molecular complexity index is 714. The van der Waals surface area contributed by atoms with Crippen molar-refractivity contribution in [1.82, 2.24) is 15.1 Å². The topological polar surface area (TPSA) is 58.1 Å². The molecule has 2 aromatic rings. The minimum Gasteiger partial charge on any atom is -0.356 e. The summed E-state index contributed by atoms with van der Waals surface area (Å²) in [7, 11) is 0. The number of thioether (sulfide) groups is 1. The molecule has 26 heavy (non-hydrogen) atoms. The fourth-order valence-electron chi connectivity index (χ4n) is 2.86. The first kappa shape index (κ1) is 19.1. The molecule has 0 spiro atoms. The van der Waals surface area contributed by atoms with E-state index in [2.05, 4.69) is 15.5 Å². The van der Waals surface area contributed by atoms with E-state index in [0.717, 1.165) is 35.8 Å². The summed E-state index contributed by atoms with van der Waals surface area (Å²) in [5.74, 6) is -0.0562. The third-order valence-electron chi connectivity index (χ3n) is 4.31. The second-order valence-corrected chi connectivity index (χ2v) is 8.92. The molecule has 1 N–H and O–H groups in total. The lowest BCUT2D eigenvalue weighted by Gasteiger charge is -2.23. The average Bonchev–Trinajstić information content (AvgIpc) is 2.91. The van der Waals surface area contributed by atoms with Crippen LogP contribution in [0.5, 0.6) is 0 Å². The van der Waals surface area contributed by atoms with Crippen molar-refractivity contribution < 1.29 is 9.18 Å². The molecule has 0 unspecified atom stereocenters. The highest BCUT2D eigenvalue weighted by Gasteiger charge is 2.23. The van der Waals surface area contributed by atoms with Crippen LogP contribution in [0.4, 0.5) is 9.52 Å². The predicted molar refractivity (Wildman–Crippen MR) is 104 cm³/mol. The Morgan fingerprint density at radius 2 is 1.92 bits per heavy atom. The van der Waals surface area contributed by atoms with E-state index in [9.17, 15) is 9.18 Å². The molecular weight excluding hydrogens is 371 g/mol. The lowest BCUT2D eigenvalue weighted by atomic mass is 10.2. The number of aromatic nitrogens is 2. The minimum atomic E-state index is -0.244. The molecule has 1 amide bonds. The molecule has 1 atom stereocenters. The molecule has 1 fully saturated rings. The van der Waals surface area contributed by atoms with Gasteiger partial charge in [0.25, 0.3) is 0 Å². The Balaban J connectivity index is 1.50. The number of benzene rings is 1. The highest BCUT2D eigenvalue weighted by molar-refractivity contribution is 8.02. The first-order valence-corrected chi connectivity index (χ1v) is 10.6. The normalized spacial score (nSPS) is 16.2. The van der Waals surface area contributed by atoms with Crippen molar-refractivity contribution in [3.05, 3.63) is 35.6 Å². The van der Waals surface area contributed by atoms with E-state index in [1.165, 1.54) is 48.1 Å². The van der Waals surface area contributed by atoms with E-state index in [1.54, 1.807) is 12.1 Å². The largest absolute Gasteiger partial charge is 0.356 e. The Morgan fingerprint density at radius 1 is 1.23 bits per heavy atom. The van der Waals surface area contributed by atoms with Crippen LogP contribution < -0.4 is 5.32 Å². The maximum Gasteiger partial charge on any atom is 0.235 e. The second kappa shape index (κ2) is 9.32. The highest BCUT2D eigenvalue weighted by atomic mass is 32.2. The number of hydrogen-bond acceptors (Lipinski definition) is 6. The molecule has 0 bridgehead atoms. The fourth-order valence-corrected chi connectivity index (χ4v) is 4.83. The quantitative estimate of drug-likeness (QED) is 0.745. The van der Waals surface area contributed by atoms with Crippen molar-refractivity contribution >= 4 is 34.1 Å². The molecule has 1 aliphatic heterocycles. The lowest BCUT2D eigenvalue weighted by molar-refractivity contribution is -0.130. The van der Waals surface area contributed by atoms with Crippen molar-refractivity contribution in [2.75, 3.05) is 18.4 Å². The summed E-state index contributed by atoms with van der Waals surface area (Å²) in [4.78, 5) is 14.6. The third kappa shape index (κ3) is 5.41. The molecule has 8 heteroatoms. The van der Waals surface area contributed by atoms with Crippen LogP contribution in [0, 0.1) is 5.82 Å². The van der Waals surface area contributed by atoms with Gasteiger partial charge >= 0.3 is 0 Å². The molecule has 1 aliphatic rings. The van der Waals surface area contributed by atoms with Crippen LogP contribution in [0.25, 0.3) is 0 Å². The van der Waals surface area contributed by atoms with E-state index in [1.807, 2.05) is 11.8 Å². The molecule has 5 nitrogen and oxygen atoms in total. The Kier molecular flexibility index (Phi) is 6.85. The van der Waals surface area contributed by atoms with Gasteiger partial charge in [0.05, 0.1) is 5.25 Å². The van der Waals surface area contributed by atoms with E-state index in [0.29, 0.717) is 11.7 Å². The number of halogens is 1. The van der Waals surface area contributed by atoms with E-state index >= 15 is 0 Å². The van der Waals surface area contributed by atoms with Crippen LogP contribution in [0.15, 0.2) is 28.6 Å². The summed E-state index contributed by atoms with van der Waals surface area (Å²) < 4.78 is 13.7. The van der Waals surface area contributed by atoms with Gasteiger partial charge < -0.3 is 10.2 Å². The number of carbonyl (C=O) groups is 1. The summed E-state index contributed by atoms with van der Waals surface area (Å²) >= 11 is 2.90. The smallest absolute Gasteiger partial charge is 0.235 e. The molecule has 1 aromatic carbocycles. The SMILES string of the molecule is C[C@H](Sc1nnc(NCc2ccc(F)cc2)s1)C(=O)N1CCCCCC1. The number of nitrogens with one attached hydrogen (secondary N) is 1. The molecule has 0 radical (unpaired) electrons. The number of rotatable bonds is 6. The van der Waals surface area contributed by atoms with E-state index < -0.39 is 0 Å². The molecule has 1 saturated heterocycles. The van der Waals surface area contributed by atoms with Crippen LogP contribution >= 0.6 is 23.1 Å². The number of carbonyl (C=O) groups excluding carboxylic acids is 1. The predicted octanol–water partition coefficient (Wildman–Crippen LogP) is 4.17. The summed E-state index contributed by atoms with van der Waals surface area (Å²) in [5.41, 5.74) is 0.973. The summed E-state index contributed by atoms with van der Waals surface area (Å²) in [6, 6.07) is 6.35. The van der Waals surface area contributed by atoms with Gasteiger partial charge in [-0.25, -0.2) is 4.39 Å². The Hall–Kier alpha value is -1.67. The van der Waals surface area contributed by atoms with Gasteiger partial charge in [0.15, 0.2) is 4.34 Å². The highest BCUT2D eigenvalue weighted by Crippen LogP contribution is 2.30. The number of amides is 1. The maximum absolute atomic E-state index is 12.9. The van der Waals surface area contributed by atoms with Crippen LogP contribution in [0.1, 0.15) is 38.2 Å². The van der Waals surface area contributed by atoms with Gasteiger partial charge in [0.1, 0.15) is 5.82 Å². The molecule has 0 aliphatic carbocycles. The zero-order valence-corrected chi connectivity index (χ0v) is 16.4. The first-order valence-electron chi connectivity index (χ1n) is 8.89. The summed E-state index contributed by atoms with van der Waals surface area (Å²) in [6.45, 7) is 4.22. The fraction of sp³-hybridized carbons (Fsp3) is 0.500. The molecule has 3 rings (SSSR count). The first-order chi connectivity index (χ1) is 12.6. The number of nitrogens with zero attached hydrogens (tertiary/aromatic N) is 3. The lowest BCUT2D eigenvalue weighted by Crippen LogP contribution is -2.37. The molecule has 1 aromatic heterocycles. The van der Waals surface area contributed by atoms with Crippen LogP contribution in [-0.4, -0.2) is 39.3 Å². The van der Waals surface area contributed by atoms with Gasteiger partial charge in [0, 0.05) is 19.6 Å². The third-order valence-corrected chi connectivity index (χ3v) is 6.36. The van der Waals surface area contributed by atoms with Crippen molar-refractivity contribution in [3.63, 3.8) is 0 Å². The van der Waals surface area contributed by atoms with Crippen LogP contribution in [-0.2, 0) is 11.3 Å². The molecule has 0 saturated carbocycles. The monoisotopic (exact) mass is 394 g/mol. The van der Waals surface area contributed by atoms with E-state index in [4.69, 9.17) is 0 Å². The second-order valence-electron chi connectivity index (χ2n) is 6.35. The van der Waals surface area contributed by atoms with Crippen molar-refractivity contribution in [2.45, 2.75) is 48.7 Å². The van der Waals surface area contributed by atoms with Crippen molar-refractivity contribution in [1.29, 1.82) is 0 Å². The Morgan fingerprint density at radius 3 is 2.62 bits per heavy atom. The number of likely N-dealkylation sites (tertiary alicyclic amines) is 1. The van der Waals surface area contributed by atoms with Gasteiger partial charge in [-0.15, -0.1) is 10.2 Å². The van der Waals surface area contributed by atoms with Crippen molar-refractivity contribution in [2.24, 2.45) is 0 Å². The van der Waals surface area contributed by atoms with Gasteiger partial charge in [-0.1, -0.05) is 48.1 Å². The van der Waals surface area contributed by atoms with Crippen LogP contribution in [0.3, 0.4) is 0 Å². The van der Waals surface area contributed by atoms with Crippen LogP contribution in [0.2, 0.25) is 0 Å². The zero-order chi connectivity index (χ0) is 18.4. The van der Waals surface area contributed by atoms with Gasteiger partial charge in [-0.2, -0.15) is 0 Å². The summed E-state index contributed by atoms with van der Waals surface area (Å²) in [6.07, 6.45) is 4.62. The standard InChI is InChI=1S/C18H23FN4OS2/c1-13(16(24)23-10-4-2-3-5-11-23)25-18-22-21-17(26-18)20-12-14-6-8-15(19)9-7-14/h6-9,13H,2-5,10-12H2,1H3,(H,20,21)/t13-/m0/s1. The Labute approximate surface area is 161 Å². The van der Waals surface area contributed by atoms with Gasteiger partial charge in [-0.05, 0) is 37.5 Å². The zero-order valence-electron chi connectivity index (χ0n) is 14.8. The van der Waals surface area contributed by atoms with Gasteiger partial charge in [0.2, 0.25) is 11.0 Å². The number of anilines is 1. The van der Waals surface area contributed by atoms with Gasteiger partial charge in [-0.3, -0.25) is 4.79 Å². The molecular formula is C18H23FN4OS2. The average molecular weight is 395 g/mol. The number of hydrogen-bond donors (Lipinski definition) is 1. The molecule has 2 heterocycles. The summed E-state index contributed by atoms with van der Waals surface area (Å²) in [5, 5.41) is 12.0. The van der Waals surface area contributed by atoms with Crippen molar-refractivity contribution in [3.8, 4) is 0 Å². The van der Waals surface area contributed by atoms with E-state index in [-0.39, 0.29) is 17.0 Å². The maximum atomic E-state index is 12.9.